The number of nitrogens with zero attached hydrogens (tertiary/aromatic N) is 1. The number of fused-ring (bicyclic) bond motifs is 1. The van der Waals surface area contributed by atoms with E-state index >= 15 is 0 Å². The maximum Gasteiger partial charge on any atom is 0.322 e. The zero-order valence-electron chi connectivity index (χ0n) is 10.4. The number of anilines is 1. The molecule has 0 saturated carbocycles. The Labute approximate surface area is 110 Å². The Balaban J connectivity index is 2.23. The van der Waals surface area contributed by atoms with Crippen molar-refractivity contribution in [2.24, 2.45) is 0 Å². The highest BCUT2D eigenvalue weighted by Crippen LogP contribution is 2.32. The molecule has 96 valence electrons. The lowest BCUT2D eigenvalue weighted by Gasteiger charge is -2.22. The monoisotopic (exact) mass is 264 g/mol. The third-order valence-corrected chi connectivity index (χ3v) is 3.93. The van der Waals surface area contributed by atoms with Gasteiger partial charge in [0.15, 0.2) is 0 Å². The molecular formula is C13H16N2O2S. The number of likely N-dealkylation sites (N-methyl/N-ethyl adjacent to an activating group) is 2. The highest BCUT2D eigenvalue weighted by Gasteiger charge is 2.18. The average molecular weight is 264 g/mol. The first-order valence-corrected chi connectivity index (χ1v) is 6.59. The zero-order chi connectivity index (χ0) is 13.1. The molecule has 0 saturated heterocycles. The molecule has 4 nitrogen and oxygen atoms in total. The first-order chi connectivity index (χ1) is 8.63. The van der Waals surface area contributed by atoms with Gasteiger partial charge in [-0.05, 0) is 13.1 Å². The second-order valence-corrected chi connectivity index (χ2v) is 5.09. The molecule has 1 aromatic carbocycles. The van der Waals surface area contributed by atoms with E-state index in [9.17, 15) is 4.79 Å². The molecule has 0 bridgehead atoms. The van der Waals surface area contributed by atoms with Crippen molar-refractivity contribution >= 4 is 33.1 Å². The molecule has 1 aromatic heterocycles. The molecular weight excluding hydrogens is 248 g/mol. The lowest BCUT2D eigenvalue weighted by atomic mass is 10.2. The van der Waals surface area contributed by atoms with Gasteiger partial charge in [-0.1, -0.05) is 18.2 Å². The van der Waals surface area contributed by atoms with Gasteiger partial charge in [-0.25, -0.2) is 0 Å². The minimum absolute atomic E-state index is 0.437. The van der Waals surface area contributed by atoms with Crippen LogP contribution in [0, 0.1) is 0 Å². The molecule has 2 aromatic rings. The van der Waals surface area contributed by atoms with Crippen molar-refractivity contribution in [2.45, 2.75) is 6.04 Å². The Morgan fingerprint density at radius 2 is 2.22 bits per heavy atom. The summed E-state index contributed by atoms with van der Waals surface area (Å²) < 4.78 is 1.22. The van der Waals surface area contributed by atoms with Crippen LogP contribution in [0.1, 0.15) is 0 Å². The van der Waals surface area contributed by atoms with Crippen molar-refractivity contribution < 1.29 is 9.90 Å². The Morgan fingerprint density at radius 3 is 2.89 bits per heavy atom. The van der Waals surface area contributed by atoms with E-state index in [0.717, 1.165) is 5.69 Å². The summed E-state index contributed by atoms with van der Waals surface area (Å²) in [6, 6.07) is 7.58. The molecule has 0 fully saturated rings. The summed E-state index contributed by atoms with van der Waals surface area (Å²) in [7, 11) is 3.58. The number of carbonyl (C=O) groups is 1. The predicted molar refractivity (Wildman–Crippen MR) is 75.6 cm³/mol. The van der Waals surface area contributed by atoms with E-state index < -0.39 is 12.0 Å². The first-order valence-electron chi connectivity index (χ1n) is 5.71. The van der Waals surface area contributed by atoms with Gasteiger partial charge in [-0.3, -0.25) is 4.79 Å². The van der Waals surface area contributed by atoms with Crippen molar-refractivity contribution in [2.75, 3.05) is 25.5 Å². The van der Waals surface area contributed by atoms with Crippen LogP contribution in [0.2, 0.25) is 0 Å². The topological polar surface area (TPSA) is 52.6 Å². The van der Waals surface area contributed by atoms with Crippen LogP contribution in [0.4, 0.5) is 5.69 Å². The maximum atomic E-state index is 11.0. The highest BCUT2D eigenvalue weighted by atomic mass is 32.1. The predicted octanol–water partition coefficient (Wildman–Crippen LogP) is 2.01. The van der Waals surface area contributed by atoms with Crippen molar-refractivity contribution in [1.29, 1.82) is 0 Å². The van der Waals surface area contributed by atoms with Gasteiger partial charge >= 0.3 is 5.97 Å². The van der Waals surface area contributed by atoms with Crippen LogP contribution in [0.25, 0.3) is 10.1 Å². The molecule has 18 heavy (non-hydrogen) atoms. The first kappa shape index (κ1) is 12.9. The third-order valence-electron chi connectivity index (χ3n) is 2.97. The average Bonchev–Trinajstić information content (AvgIpc) is 2.79. The van der Waals surface area contributed by atoms with Gasteiger partial charge in [0, 0.05) is 29.1 Å². The molecule has 1 unspecified atom stereocenters. The van der Waals surface area contributed by atoms with Gasteiger partial charge in [0.1, 0.15) is 6.04 Å². The molecule has 0 amide bonds. The van der Waals surface area contributed by atoms with Crippen LogP contribution in [0.5, 0.6) is 0 Å². The van der Waals surface area contributed by atoms with Gasteiger partial charge in [0.25, 0.3) is 0 Å². The van der Waals surface area contributed by atoms with Gasteiger partial charge in [0.05, 0.1) is 5.69 Å². The number of benzene rings is 1. The van der Waals surface area contributed by atoms with E-state index in [4.69, 9.17) is 5.11 Å². The second-order valence-electron chi connectivity index (χ2n) is 4.18. The number of aliphatic carboxylic acids is 1. The number of hydrogen-bond acceptors (Lipinski definition) is 4. The number of hydrogen-bond donors (Lipinski definition) is 2. The summed E-state index contributed by atoms with van der Waals surface area (Å²) in [6.45, 7) is 0.437. The number of nitrogens with one attached hydrogen (secondary N) is 1. The summed E-state index contributed by atoms with van der Waals surface area (Å²) in [4.78, 5) is 13.0. The minimum Gasteiger partial charge on any atom is -0.480 e. The number of rotatable bonds is 5. The molecule has 0 aliphatic carbocycles. The molecule has 0 aliphatic rings. The molecule has 2 rings (SSSR count). The summed E-state index contributed by atoms with van der Waals surface area (Å²) in [5.41, 5.74) is 1.08. The van der Waals surface area contributed by atoms with Crippen molar-refractivity contribution in [3.8, 4) is 0 Å². The molecule has 1 heterocycles. The summed E-state index contributed by atoms with van der Waals surface area (Å²) in [5, 5.41) is 15.1. The van der Waals surface area contributed by atoms with Crippen molar-refractivity contribution in [1.82, 2.24) is 5.32 Å². The van der Waals surface area contributed by atoms with Crippen LogP contribution in [-0.4, -0.2) is 37.8 Å². The highest BCUT2D eigenvalue weighted by molar-refractivity contribution is 7.17. The number of thiophene rings is 1. The third kappa shape index (κ3) is 2.47. The Kier molecular flexibility index (Phi) is 3.84. The van der Waals surface area contributed by atoms with E-state index in [-0.39, 0.29) is 0 Å². The largest absolute Gasteiger partial charge is 0.480 e. The molecule has 5 heteroatoms. The molecule has 0 aliphatic heterocycles. The smallest absolute Gasteiger partial charge is 0.322 e. The van der Waals surface area contributed by atoms with Gasteiger partial charge in [-0.15, -0.1) is 11.3 Å². The quantitative estimate of drug-likeness (QED) is 0.867. The van der Waals surface area contributed by atoms with Crippen molar-refractivity contribution in [3.05, 3.63) is 29.6 Å². The maximum absolute atomic E-state index is 11.0. The minimum atomic E-state index is -0.830. The zero-order valence-corrected chi connectivity index (χ0v) is 11.2. The van der Waals surface area contributed by atoms with E-state index in [1.807, 2.05) is 24.1 Å². The summed E-state index contributed by atoms with van der Waals surface area (Å²) in [6.07, 6.45) is 0. The van der Waals surface area contributed by atoms with Crippen LogP contribution < -0.4 is 10.2 Å². The Bertz CT molecular complexity index is 553. The lowest BCUT2D eigenvalue weighted by molar-refractivity contribution is -0.139. The Hall–Kier alpha value is -1.59. The van der Waals surface area contributed by atoms with E-state index in [2.05, 4.69) is 22.8 Å². The van der Waals surface area contributed by atoms with Crippen LogP contribution >= 0.6 is 11.3 Å². The summed E-state index contributed by atoms with van der Waals surface area (Å²) in [5.74, 6) is -0.830. The fraction of sp³-hybridized carbons (Fsp3) is 0.308. The van der Waals surface area contributed by atoms with E-state index in [1.165, 1.54) is 10.1 Å². The lowest BCUT2D eigenvalue weighted by Crippen LogP contribution is -2.43. The van der Waals surface area contributed by atoms with Crippen molar-refractivity contribution in [3.63, 3.8) is 0 Å². The number of carboxylic acids is 1. The normalized spacial score (nSPS) is 12.6. The molecule has 0 spiro atoms. The molecule has 0 radical (unpaired) electrons. The van der Waals surface area contributed by atoms with Crippen LogP contribution in [0.3, 0.4) is 0 Å². The van der Waals surface area contributed by atoms with Crippen LogP contribution in [-0.2, 0) is 4.79 Å². The standard InChI is InChI=1S/C13H16N2O2S/c1-14-10(13(16)17)7-15(2)11-8-18-12-6-4-3-5-9(11)12/h3-6,8,10,14H,7H2,1-2H3,(H,16,17). The SMILES string of the molecule is CNC(CN(C)c1csc2ccccc12)C(=O)O. The number of carboxylic acid groups (broad SMARTS) is 1. The molecule has 2 N–H and O–H groups in total. The van der Waals surface area contributed by atoms with Gasteiger partial charge in [-0.2, -0.15) is 0 Å². The van der Waals surface area contributed by atoms with Gasteiger partial charge < -0.3 is 15.3 Å². The van der Waals surface area contributed by atoms with E-state index in [0.29, 0.717) is 6.54 Å². The molecule has 1 atom stereocenters. The van der Waals surface area contributed by atoms with Gasteiger partial charge in [0.2, 0.25) is 0 Å². The van der Waals surface area contributed by atoms with E-state index in [1.54, 1.807) is 18.4 Å². The second kappa shape index (κ2) is 5.37. The Morgan fingerprint density at radius 1 is 1.50 bits per heavy atom. The fourth-order valence-corrected chi connectivity index (χ4v) is 2.93. The summed E-state index contributed by atoms with van der Waals surface area (Å²) >= 11 is 1.68. The van der Waals surface area contributed by atoms with Crippen LogP contribution in [0.15, 0.2) is 29.6 Å². The fourth-order valence-electron chi connectivity index (χ4n) is 1.92.